The van der Waals surface area contributed by atoms with Gasteiger partial charge in [0.2, 0.25) is 0 Å². The molecule has 0 saturated heterocycles. The zero-order valence-corrected chi connectivity index (χ0v) is 11.1. The van der Waals surface area contributed by atoms with E-state index in [1.165, 1.54) is 46.3 Å². The maximum atomic E-state index is 11.5. The summed E-state index contributed by atoms with van der Waals surface area (Å²) in [6.45, 7) is 0. The zero-order chi connectivity index (χ0) is 15.7. The minimum Gasteiger partial charge on any atom is -0.478 e. The summed E-state index contributed by atoms with van der Waals surface area (Å²) in [6.07, 6.45) is 8.87. The van der Waals surface area contributed by atoms with Gasteiger partial charge in [-0.3, -0.25) is 0 Å². The molecule has 22 heavy (non-hydrogen) atoms. The van der Waals surface area contributed by atoms with E-state index in [0.29, 0.717) is 0 Å². The summed E-state index contributed by atoms with van der Waals surface area (Å²) in [5, 5.41) is 18.8. The Kier molecular flexibility index (Phi) is 3.18. The van der Waals surface area contributed by atoms with Gasteiger partial charge in [-0.2, -0.15) is 0 Å². The summed E-state index contributed by atoms with van der Waals surface area (Å²) >= 11 is 0. The molecule has 0 atom stereocenters. The van der Waals surface area contributed by atoms with E-state index < -0.39 is 11.9 Å². The van der Waals surface area contributed by atoms with E-state index in [4.69, 9.17) is 0 Å². The van der Waals surface area contributed by atoms with Crippen molar-refractivity contribution in [3.63, 3.8) is 0 Å². The topological polar surface area (TPSA) is 110 Å². The first kappa shape index (κ1) is 13.6. The highest BCUT2D eigenvalue weighted by molar-refractivity contribution is 5.98. The van der Waals surface area contributed by atoms with Crippen LogP contribution in [0.5, 0.6) is 0 Å². The lowest BCUT2D eigenvalue weighted by atomic mass is 10.1. The Morgan fingerprint density at radius 1 is 0.818 bits per heavy atom. The quantitative estimate of drug-likeness (QED) is 0.754. The average molecular weight is 298 g/mol. The fourth-order valence-corrected chi connectivity index (χ4v) is 2.15. The van der Waals surface area contributed by atoms with Gasteiger partial charge in [0.25, 0.3) is 0 Å². The molecule has 8 heteroatoms. The highest BCUT2D eigenvalue weighted by atomic mass is 16.4. The lowest BCUT2D eigenvalue weighted by molar-refractivity contribution is 0.0681. The Balaban J connectivity index is 2.31. The number of aromatic carboxylic acids is 2. The van der Waals surface area contributed by atoms with E-state index in [1.54, 1.807) is 12.4 Å². The van der Waals surface area contributed by atoms with Crippen LogP contribution < -0.4 is 0 Å². The SMILES string of the molecule is O=C(O)c1cc(-n2ccnc2)c(C(=O)O)cc1-n1ccnc1. The largest absolute Gasteiger partial charge is 0.478 e. The van der Waals surface area contributed by atoms with Gasteiger partial charge >= 0.3 is 11.9 Å². The molecule has 0 spiro atoms. The van der Waals surface area contributed by atoms with Crippen molar-refractivity contribution in [3.05, 3.63) is 60.7 Å². The summed E-state index contributed by atoms with van der Waals surface area (Å²) in [4.78, 5) is 30.7. The number of nitrogens with zero attached hydrogens (tertiary/aromatic N) is 4. The first-order valence-corrected chi connectivity index (χ1v) is 6.19. The molecule has 0 unspecified atom stereocenters. The van der Waals surface area contributed by atoms with Gasteiger partial charge in [0.05, 0.1) is 35.2 Å². The Morgan fingerprint density at radius 3 is 1.50 bits per heavy atom. The van der Waals surface area contributed by atoms with Crippen molar-refractivity contribution in [1.82, 2.24) is 19.1 Å². The van der Waals surface area contributed by atoms with Gasteiger partial charge in [0, 0.05) is 24.8 Å². The Morgan fingerprint density at radius 2 is 1.23 bits per heavy atom. The molecule has 2 aromatic heterocycles. The number of aromatic nitrogens is 4. The fraction of sp³-hybridized carbons (Fsp3) is 0. The number of carbonyl (C=O) groups is 2. The molecule has 110 valence electrons. The second-order valence-corrected chi connectivity index (χ2v) is 4.44. The Labute approximate surface area is 123 Å². The zero-order valence-electron chi connectivity index (χ0n) is 11.1. The van der Waals surface area contributed by atoms with Gasteiger partial charge in [0.1, 0.15) is 0 Å². The fourth-order valence-electron chi connectivity index (χ4n) is 2.15. The minimum absolute atomic E-state index is 0.0355. The maximum Gasteiger partial charge on any atom is 0.337 e. The van der Waals surface area contributed by atoms with E-state index in [-0.39, 0.29) is 22.5 Å². The van der Waals surface area contributed by atoms with Crippen LogP contribution in [-0.4, -0.2) is 41.3 Å². The summed E-state index contributed by atoms with van der Waals surface area (Å²) in [6, 6.07) is 2.62. The molecular formula is C14H10N4O4. The van der Waals surface area contributed by atoms with Crippen molar-refractivity contribution in [2.75, 3.05) is 0 Å². The summed E-state index contributed by atoms with van der Waals surface area (Å²) in [5.74, 6) is -2.33. The molecule has 0 aliphatic carbocycles. The number of hydrogen-bond donors (Lipinski definition) is 2. The first-order chi connectivity index (χ1) is 10.6. The summed E-state index contributed by atoms with van der Waals surface area (Å²) in [7, 11) is 0. The van der Waals surface area contributed by atoms with Gasteiger partial charge in [-0.1, -0.05) is 0 Å². The highest BCUT2D eigenvalue weighted by Gasteiger charge is 2.20. The normalized spacial score (nSPS) is 10.5. The predicted molar refractivity (Wildman–Crippen MR) is 74.6 cm³/mol. The van der Waals surface area contributed by atoms with Crippen LogP contribution in [0.15, 0.2) is 49.6 Å². The van der Waals surface area contributed by atoms with Crippen LogP contribution >= 0.6 is 0 Å². The third kappa shape index (κ3) is 2.22. The van der Waals surface area contributed by atoms with Crippen molar-refractivity contribution in [2.24, 2.45) is 0 Å². The van der Waals surface area contributed by atoms with E-state index in [1.807, 2.05) is 0 Å². The molecule has 3 aromatic rings. The van der Waals surface area contributed by atoms with Gasteiger partial charge < -0.3 is 19.3 Å². The molecule has 0 aliphatic rings. The predicted octanol–water partition coefficient (Wildman–Crippen LogP) is 1.45. The number of carboxylic acid groups (broad SMARTS) is 2. The van der Waals surface area contributed by atoms with Crippen molar-refractivity contribution < 1.29 is 19.8 Å². The number of imidazole rings is 2. The highest BCUT2D eigenvalue weighted by Crippen LogP contribution is 2.24. The monoisotopic (exact) mass is 298 g/mol. The standard InChI is InChI=1S/C14H10N4O4/c19-13(20)9-6-12(18-4-2-16-8-18)10(14(21)22)5-11(9)17-3-1-15-7-17/h1-8H,(H,19,20)(H,21,22). The van der Waals surface area contributed by atoms with Gasteiger partial charge in [0.15, 0.2) is 0 Å². The first-order valence-electron chi connectivity index (χ1n) is 6.19. The molecule has 0 saturated carbocycles. The van der Waals surface area contributed by atoms with Gasteiger partial charge in [-0.15, -0.1) is 0 Å². The number of carboxylic acids is 2. The maximum absolute atomic E-state index is 11.5. The number of hydrogen-bond acceptors (Lipinski definition) is 4. The third-order valence-electron chi connectivity index (χ3n) is 3.14. The van der Waals surface area contributed by atoms with Crippen LogP contribution in [0.3, 0.4) is 0 Å². The molecule has 0 bridgehead atoms. The molecule has 2 heterocycles. The number of rotatable bonds is 4. The third-order valence-corrected chi connectivity index (χ3v) is 3.14. The van der Waals surface area contributed by atoms with Crippen molar-refractivity contribution in [3.8, 4) is 11.4 Å². The second kappa shape index (κ2) is 5.17. The minimum atomic E-state index is -1.16. The van der Waals surface area contributed by atoms with E-state index in [0.717, 1.165) is 0 Å². The molecule has 0 aliphatic heterocycles. The summed E-state index contributed by atoms with van der Waals surface area (Å²) < 4.78 is 2.90. The lowest BCUT2D eigenvalue weighted by Crippen LogP contribution is -2.11. The van der Waals surface area contributed by atoms with Crippen molar-refractivity contribution in [2.45, 2.75) is 0 Å². The van der Waals surface area contributed by atoms with Crippen LogP contribution in [0.2, 0.25) is 0 Å². The molecule has 1 aromatic carbocycles. The van der Waals surface area contributed by atoms with Crippen LogP contribution in [0.25, 0.3) is 11.4 Å². The van der Waals surface area contributed by atoms with E-state index >= 15 is 0 Å². The van der Waals surface area contributed by atoms with Gasteiger partial charge in [-0.05, 0) is 12.1 Å². The molecule has 3 rings (SSSR count). The summed E-state index contributed by atoms with van der Waals surface area (Å²) in [5.41, 5.74) is 0.385. The second-order valence-electron chi connectivity index (χ2n) is 4.44. The lowest BCUT2D eigenvalue weighted by Gasteiger charge is -2.13. The Hall–Kier alpha value is -3.42. The van der Waals surface area contributed by atoms with Crippen LogP contribution in [0, 0.1) is 0 Å². The van der Waals surface area contributed by atoms with E-state index in [9.17, 15) is 19.8 Å². The average Bonchev–Trinajstić information content (AvgIpc) is 3.19. The molecule has 2 N–H and O–H groups in total. The van der Waals surface area contributed by atoms with Crippen molar-refractivity contribution in [1.29, 1.82) is 0 Å². The van der Waals surface area contributed by atoms with E-state index in [2.05, 4.69) is 9.97 Å². The smallest absolute Gasteiger partial charge is 0.337 e. The van der Waals surface area contributed by atoms with Crippen LogP contribution in [0.4, 0.5) is 0 Å². The van der Waals surface area contributed by atoms with Gasteiger partial charge in [-0.25, -0.2) is 19.6 Å². The molecule has 0 radical (unpaired) electrons. The number of benzene rings is 1. The Bertz CT molecular complexity index is 766. The molecule has 8 nitrogen and oxygen atoms in total. The molecule has 0 fully saturated rings. The van der Waals surface area contributed by atoms with Crippen LogP contribution in [0.1, 0.15) is 20.7 Å². The molecule has 0 amide bonds. The molecular weight excluding hydrogens is 288 g/mol. The van der Waals surface area contributed by atoms with Crippen LogP contribution in [-0.2, 0) is 0 Å². The van der Waals surface area contributed by atoms with Crippen molar-refractivity contribution >= 4 is 11.9 Å².